The highest BCUT2D eigenvalue weighted by molar-refractivity contribution is 6.00. The van der Waals surface area contributed by atoms with Gasteiger partial charge in [-0.2, -0.15) is 5.26 Å². The van der Waals surface area contributed by atoms with Crippen LogP contribution in [0.1, 0.15) is 26.3 Å². The molecule has 1 rings (SSSR count). The molecule has 3 nitrogen and oxygen atoms in total. The molecule has 1 aromatic carbocycles. The number of nitrogens with one attached hydrogen (secondary N) is 1. The summed E-state index contributed by atoms with van der Waals surface area (Å²) in [5.41, 5.74) is 1.98. The first-order valence-electron chi connectivity index (χ1n) is 5.99. The van der Waals surface area contributed by atoms with Gasteiger partial charge in [0.2, 0.25) is 0 Å². The fourth-order valence-corrected chi connectivity index (χ4v) is 1.53. The summed E-state index contributed by atoms with van der Waals surface area (Å²) in [6.45, 7) is 5.97. The molecular weight excluding hydrogens is 224 g/mol. The molecule has 0 aliphatic heterocycles. The van der Waals surface area contributed by atoms with Crippen LogP contribution < -0.4 is 5.32 Å². The Morgan fingerprint density at radius 3 is 2.44 bits per heavy atom. The predicted octanol–water partition coefficient (Wildman–Crippen LogP) is 2.80. The first-order chi connectivity index (χ1) is 8.56. The van der Waals surface area contributed by atoms with Crippen LogP contribution >= 0.6 is 0 Å². The fraction of sp³-hybridized carbons (Fsp3) is 0.333. The molecule has 0 spiro atoms. The molecular formula is C15H18N2O. The summed E-state index contributed by atoms with van der Waals surface area (Å²) >= 11 is 0. The molecule has 0 aliphatic rings. The highest BCUT2D eigenvalue weighted by atomic mass is 16.1. The van der Waals surface area contributed by atoms with Crippen molar-refractivity contribution in [2.45, 2.75) is 27.3 Å². The van der Waals surface area contributed by atoms with Crippen LogP contribution in [0, 0.1) is 17.2 Å². The monoisotopic (exact) mass is 242 g/mol. The van der Waals surface area contributed by atoms with Gasteiger partial charge in [0.25, 0.3) is 0 Å². The van der Waals surface area contributed by atoms with Crippen LogP contribution in [0.3, 0.4) is 0 Å². The average Bonchev–Trinajstić information content (AvgIpc) is 2.38. The topological polar surface area (TPSA) is 52.9 Å². The molecule has 3 heteroatoms. The maximum absolute atomic E-state index is 11.8. The van der Waals surface area contributed by atoms with E-state index in [1.165, 1.54) is 0 Å². The molecule has 0 unspecified atom stereocenters. The van der Waals surface area contributed by atoms with E-state index in [1.54, 1.807) is 20.8 Å². The Bertz CT molecular complexity index is 481. The molecule has 0 bridgehead atoms. The molecule has 0 atom stereocenters. The van der Waals surface area contributed by atoms with Crippen molar-refractivity contribution in [1.82, 2.24) is 5.32 Å². The second-order valence-corrected chi connectivity index (χ2v) is 4.47. The number of hydrogen-bond acceptors (Lipinski definition) is 3. The van der Waals surface area contributed by atoms with Crippen LogP contribution in [0.25, 0.3) is 0 Å². The lowest BCUT2D eigenvalue weighted by Gasteiger charge is -2.10. The third-order valence-electron chi connectivity index (χ3n) is 2.66. The summed E-state index contributed by atoms with van der Waals surface area (Å²) in [6.07, 6.45) is 0. The van der Waals surface area contributed by atoms with Gasteiger partial charge in [0.1, 0.15) is 11.6 Å². The Balaban J connectivity index is 2.76. The standard InChI is InChI=1S/C15H18N2O/c1-11(2)15(18)14(9-16)12(3)17-10-13-7-5-4-6-8-13/h4-8,11,17H,10H2,1-3H3/b14-12-. The second-order valence-electron chi connectivity index (χ2n) is 4.47. The van der Waals surface area contributed by atoms with Gasteiger partial charge in [0.05, 0.1) is 0 Å². The molecule has 94 valence electrons. The molecule has 18 heavy (non-hydrogen) atoms. The Morgan fingerprint density at radius 1 is 1.33 bits per heavy atom. The van der Waals surface area contributed by atoms with Crippen molar-refractivity contribution in [3.63, 3.8) is 0 Å². The third kappa shape index (κ3) is 3.74. The van der Waals surface area contributed by atoms with Gasteiger partial charge >= 0.3 is 0 Å². The number of carbonyl (C=O) groups is 1. The largest absolute Gasteiger partial charge is 0.383 e. The SMILES string of the molecule is C/C(NCc1ccccc1)=C(\C#N)C(=O)C(C)C. The van der Waals surface area contributed by atoms with Gasteiger partial charge < -0.3 is 5.32 Å². The zero-order chi connectivity index (χ0) is 13.5. The number of nitrogens with zero attached hydrogens (tertiary/aromatic N) is 1. The Labute approximate surface area is 108 Å². The van der Waals surface area contributed by atoms with E-state index in [4.69, 9.17) is 5.26 Å². The molecule has 0 heterocycles. The first-order valence-corrected chi connectivity index (χ1v) is 5.99. The lowest BCUT2D eigenvalue weighted by Crippen LogP contribution is -2.18. The van der Waals surface area contributed by atoms with Crippen LogP contribution in [-0.4, -0.2) is 5.78 Å². The van der Waals surface area contributed by atoms with E-state index >= 15 is 0 Å². The van der Waals surface area contributed by atoms with Gasteiger partial charge in [-0.25, -0.2) is 0 Å². The summed E-state index contributed by atoms with van der Waals surface area (Å²) in [5.74, 6) is -0.274. The van der Waals surface area contributed by atoms with Crippen molar-refractivity contribution in [2.24, 2.45) is 5.92 Å². The van der Waals surface area contributed by atoms with Crippen molar-refractivity contribution < 1.29 is 4.79 Å². The lowest BCUT2D eigenvalue weighted by molar-refractivity contribution is -0.117. The van der Waals surface area contributed by atoms with E-state index in [0.717, 1.165) is 5.56 Å². The number of carbonyl (C=O) groups excluding carboxylic acids is 1. The Kier molecular flexibility index (Phi) is 5.13. The zero-order valence-corrected chi connectivity index (χ0v) is 11.0. The minimum absolute atomic E-state index is 0.115. The molecule has 0 saturated carbocycles. The van der Waals surface area contributed by atoms with E-state index in [-0.39, 0.29) is 17.3 Å². The number of benzene rings is 1. The highest BCUT2D eigenvalue weighted by Crippen LogP contribution is 2.09. The Hall–Kier alpha value is -2.08. The summed E-state index contributed by atoms with van der Waals surface area (Å²) in [4.78, 5) is 11.8. The van der Waals surface area contributed by atoms with Crippen LogP contribution in [0.2, 0.25) is 0 Å². The van der Waals surface area contributed by atoms with Crippen LogP contribution in [0.5, 0.6) is 0 Å². The number of rotatable bonds is 5. The second kappa shape index (κ2) is 6.61. The number of nitriles is 1. The van der Waals surface area contributed by atoms with Gasteiger partial charge in [-0.1, -0.05) is 44.2 Å². The maximum Gasteiger partial charge on any atom is 0.177 e. The van der Waals surface area contributed by atoms with Crippen LogP contribution in [0.4, 0.5) is 0 Å². The number of ketones is 1. The zero-order valence-electron chi connectivity index (χ0n) is 11.0. The number of Topliss-reactive ketones (excluding diaryl/α,β-unsaturated/α-hetero) is 1. The van der Waals surface area contributed by atoms with Gasteiger partial charge in [0, 0.05) is 18.2 Å². The van der Waals surface area contributed by atoms with Crippen LogP contribution in [0.15, 0.2) is 41.6 Å². The summed E-state index contributed by atoms with van der Waals surface area (Å²) in [6, 6.07) is 11.9. The maximum atomic E-state index is 11.8. The molecule has 0 amide bonds. The molecule has 1 N–H and O–H groups in total. The molecule has 0 fully saturated rings. The highest BCUT2D eigenvalue weighted by Gasteiger charge is 2.15. The number of allylic oxidation sites excluding steroid dienone is 2. The molecule has 0 aromatic heterocycles. The molecule has 0 saturated heterocycles. The summed E-state index contributed by atoms with van der Waals surface area (Å²) in [5, 5.41) is 12.2. The molecule has 1 aromatic rings. The van der Waals surface area contributed by atoms with E-state index in [1.807, 2.05) is 36.4 Å². The predicted molar refractivity (Wildman–Crippen MR) is 71.4 cm³/mol. The quantitative estimate of drug-likeness (QED) is 0.638. The van der Waals surface area contributed by atoms with Gasteiger partial charge in [0.15, 0.2) is 5.78 Å². The van der Waals surface area contributed by atoms with Gasteiger partial charge in [-0.3, -0.25) is 4.79 Å². The van der Waals surface area contributed by atoms with Crippen molar-refractivity contribution in [2.75, 3.05) is 0 Å². The van der Waals surface area contributed by atoms with E-state index in [9.17, 15) is 4.79 Å². The van der Waals surface area contributed by atoms with E-state index in [2.05, 4.69) is 5.32 Å². The molecule has 0 aliphatic carbocycles. The van der Waals surface area contributed by atoms with Crippen molar-refractivity contribution in [1.29, 1.82) is 5.26 Å². The minimum Gasteiger partial charge on any atom is -0.383 e. The first kappa shape index (κ1) is 14.0. The van der Waals surface area contributed by atoms with Crippen molar-refractivity contribution in [3.8, 4) is 6.07 Å². The van der Waals surface area contributed by atoms with Crippen molar-refractivity contribution >= 4 is 5.78 Å². The van der Waals surface area contributed by atoms with E-state index < -0.39 is 0 Å². The fourth-order valence-electron chi connectivity index (χ4n) is 1.53. The third-order valence-corrected chi connectivity index (χ3v) is 2.66. The lowest BCUT2D eigenvalue weighted by atomic mass is 10.0. The summed E-state index contributed by atoms with van der Waals surface area (Å²) in [7, 11) is 0. The normalized spacial score (nSPS) is 11.7. The smallest absolute Gasteiger partial charge is 0.177 e. The minimum atomic E-state index is -0.159. The van der Waals surface area contributed by atoms with E-state index in [0.29, 0.717) is 12.2 Å². The number of hydrogen-bond donors (Lipinski definition) is 1. The van der Waals surface area contributed by atoms with Gasteiger partial charge in [-0.05, 0) is 12.5 Å². The average molecular weight is 242 g/mol. The summed E-state index contributed by atoms with van der Waals surface area (Å²) < 4.78 is 0. The Morgan fingerprint density at radius 2 is 1.94 bits per heavy atom. The molecule has 0 radical (unpaired) electrons. The van der Waals surface area contributed by atoms with Crippen LogP contribution in [-0.2, 0) is 11.3 Å². The van der Waals surface area contributed by atoms with Gasteiger partial charge in [-0.15, -0.1) is 0 Å². The van der Waals surface area contributed by atoms with Crippen molar-refractivity contribution in [3.05, 3.63) is 47.2 Å².